The predicted molar refractivity (Wildman–Crippen MR) is 68.3 cm³/mol. The van der Waals surface area contributed by atoms with Gasteiger partial charge in [-0.3, -0.25) is 4.79 Å². The number of nitrogens with one attached hydrogen (secondary N) is 1. The van der Waals surface area contributed by atoms with Crippen LogP contribution >= 0.6 is 11.6 Å². The van der Waals surface area contributed by atoms with Gasteiger partial charge in [-0.1, -0.05) is 11.6 Å². The molecule has 0 radical (unpaired) electrons. The molecule has 0 spiro atoms. The van der Waals surface area contributed by atoms with E-state index < -0.39 is 20.5 Å². The number of hydrogen-bond donors (Lipinski definition) is 1. The molecule has 1 N–H and O–H groups in total. The SMILES string of the molecule is CC(C)(CNC(=O)c1cnc(Cl)cn1)S(C)(=O)=O. The first kappa shape index (κ1) is 14.8. The van der Waals surface area contributed by atoms with Crippen molar-refractivity contribution in [2.75, 3.05) is 12.8 Å². The number of aromatic nitrogens is 2. The van der Waals surface area contributed by atoms with E-state index in [1.54, 1.807) is 0 Å². The molecule has 18 heavy (non-hydrogen) atoms. The lowest BCUT2D eigenvalue weighted by molar-refractivity contribution is 0.0945. The van der Waals surface area contributed by atoms with Gasteiger partial charge in [-0.15, -0.1) is 0 Å². The van der Waals surface area contributed by atoms with Crippen molar-refractivity contribution in [3.63, 3.8) is 0 Å². The van der Waals surface area contributed by atoms with Crippen LogP contribution in [0.25, 0.3) is 0 Å². The number of halogens is 1. The van der Waals surface area contributed by atoms with Crippen LogP contribution in [0.2, 0.25) is 5.15 Å². The Morgan fingerprint density at radius 3 is 2.44 bits per heavy atom. The van der Waals surface area contributed by atoms with Crippen molar-refractivity contribution < 1.29 is 13.2 Å². The van der Waals surface area contributed by atoms with Crippen LogP contribution in [0.4, 0.5) is 0 Å². The third kappa shape index (κ3) is 3.64. The second-order valence-corrected chi connectivity index (χ2v) is 7.48. The molecule has 0 aromatic carbocycles. The molecule has 8 heteroatoms. The fraction of sp³-hybridized carbons (Fsp3) is 0.500. The van der Waals surface area contributed by atoms with Crippen LogP contribution in [0.15, 0.2) is 12.4 Å². The molecule has 1 aromatic heterocycles. The molecule has 100 valence electrons. The number of sulfone groups is 1. The highest BCUT2D eigenvalue weighted by Gasteiger charge is 2.30. The minimum Gasteiger partial charge on any atom is -0.349 e. The Kier molecular flexibility index (Phi) is 4.28. The normalized spacial score (nSPS) is 12.2. The largest absolute Gasteiger partial charge is 0.349 e. The molecular weight excluding hydrogens is 278 g/mol. The molecule has 0 saturated carbocycles. The molecule has 0 fully saturated rings. The highest BCUT2D eigenvalue weighted by molar-refractivity contribution is 7.92. The fourth-order valence-corrected chi connectivity index (χ4v) is 1.38. The van der Waals surface area contributed by atoms with Gasteiger partial charge in [-0.25, -0.2) is 18.4 Å². The van der Waals surface area contributed by atoms with E-state index in [0.717, 1.165) is 6.26 Å². The van der Waals surface area contributed by atoms with Gasteiger partial charge in [-0.2, -0.15) is 0 Å². The van der Waals surface area contributed by atoms with Gasteiger partial charge in [0.15, 0.2) is 9.84 Å². The molecule has 0 bridgehead atoms. The van der Waals surface area contributed by atoms with Crippen molar-refractivity contribution in [2.45, 2.75) is 18.6 Å². The highest BCUT2D eigenvalue weighted by Crippen LogP contribution is 2.13. The first-order valence-electron chi connectivity index (χ1n) is 5.09. The van der Waals surface area contributed by atoms with E-state index in [1.165, 1.54) is 26.2 Å². The number of rotatable bonds is 4. The molecule has 0 aliphatic carbocycles. The maximum Gasteiger partial charge on any atom is 0.271 e. The zero-order valence-electron chi connectivity index (χ0n) is 10.3. The van der Waals surface area contributed by atoms with Crippen LogP contribution in [0.3, 0.4) is 0 Å². The molecule has 1 rings (SSSR count). The van der Waals surface area contributed by atoms with Gasteiger partial charge in [0.25, 0.3) is 5.91 Å². The van der Waals surface area contributed by atoms with Crippen LogP contribution in [-0.2, 0) is 9.84 Å². The standard InChI is InChI=1S/C10H14ClN3O3S/c1-10(2,18(3,16)17)6-14-9(15)7-4-13-8(11)5-12-7/h4-5H,6H2,1-3H3,(H,14,15). The van der Waals surface area contributed by atoms with Crippen LogP contribution in [0.1, 0.15) is 24.3 Å². The van der Waals surface area contributed by atoms with Crippen molar-refractivity contribution in [2.24, 2.45) is 0 Å². The molecule has 1 heterocycles. The molecule has 0 atom stereocenters. The van der Waals surface area contributed by atoms with Gasteiger partial charge in [0, 0.05) is 12.8 Å². The summed E-state index contributed by atoms with van der Waals surface area (Å²) < 4.78 is 21.9. The third-order valence-electron chi connectivity index (χ3n) is 2.53. The lowest BCUT2D eigenvalue weighted by atomic mass is 10.2. The third-order valence-corrected chi connectivity index (χ3v) is 4.88. The monoisotopic (exact) mass is 291 g/mol. The number of hydrogen-bond acceptors (Lipinski definition) is 5. The van der Waals surface area contributed by atoms with Crippen molar-refractivity contribution in [1.29, 1.82) is 0 Å². The second kappa shape index (κ2) is 5.19. The van der Waals surface area contributed by atoms with Crippen molar-refractivity contribution in [3.8, 4) is 0 Å². The average molecular weight is 292 g/mol. The molecular formula is C10H14ClN3O3S. The highest BCUT2D eigenvalue weighted by atomic mass is 35.5. The fourth-order valence-electron chi connectivity index (χ4n) is 0.944. The van der Waals surface area contributed by atoms with E-state index in [0.29, 0.717) is 0 Å². The quantitative estimate of drug-likeness (QED) is 0.881. The smallest absolute Gasteiger partial charge is 0.271 e. The lowest BCUT2D eigenvalue weighted by Crippen LogP contribution is -2.43. The number of amides is 1. The summed E-state index contributed by atoms with van der Waals surface area (Å²) in [5.74, 6) is -0.490. The molecule has 0 aliphatic rings. The average Bonchev–Trinajstić information content (AvgIpc) is 2.25. The Morgan fingerprint density at radius 2 is 2.00 bits per heavy atom. The van der Waals surface area contributed by atoms with Crippen LogP contribution in [0.5, 0.6) is 0 Å². The zero-order valence-corrected chi connectivity index (χ0v) is 11.8. The first-order chi connectivity index (χ1) is 8.13. The maximum atomic E-state index is 11.7. The Labute approximate surface area is 111 Å². The van der Waals surface area contributed by atoms with Crippen molar-refractivity contribution in [1.82, 2.24) is 15.3 Å². The lowest BCUT2D eigenvalue weighted by Gasteiger charge is -2.22. The molecule has 0 saturated heterocycles. The van der Waals surface area contributed by atoms with Gasteiger partial charge in [0.05, 0.1) is 17.1 Å². The van der Waals surface area contributed by atoms with E-state index in [1.807, 2.05) is 0 Å². The van der Waals surface area contributed by atoms with Gasteiger partial charge >= 0.3 is 0 Å². The summed E-state index contributed by atoms with van der Waals surface area (Å²) in [5.41, 5.74) is 0.0868. The summed E-state index contributed by atoms with van der Waals surface area (Å²) in [7, 11) is -3.26. The Bertz CT molecular complexity index is 540. The van der Waals surface area contributed by atoms with E-state index in [4.69, 9.17) is 11.6 Å². The first-order valence-corrected chi connectivity index (χ1v) is 7.36. The number of carbonyl (C=O) groups is 1. The van der Waals surface area contributed by atoms with Gasteiger partial charge in [-0.05, 0) is 13.8 Å². The molecule has 0 aliphatic heterocycles. The number of nitrogens with zero attached hydrogens (tertiary/aromatic N) is 2. The van der Waals surface area contributed by atoms with Crippen LogP contribution in [-0.4, -0.2) is 41.8 Å². The van der Waals surface area contributed by atoms with Gasteiger partial charge in [0.2, 0.25) is 0 Å². The summed E-state index contributed by atoms with van der Waals surface area (Å²) in [4.78, 5) is 19.2. The Balaban J connectivity index is 2.70. The minimum absolute atomic E-state index is 0.00499. The topological polar surface area (TPSA) is 89.0 Å². The number of carbonyl (C=O) groups excluding carboxylic acids is 1. The van der Waals surface area contributed by atoms with Gasteiger partial charge in [0.1, 0.15) is 10.8 Å². The van der Waals surface area contributed by atoms with Crippen LogP contribution in [0, 0.1) is 0 Å². The molecule has 6 nitrogen and oxygen atoms in total. The van der Waals surface area contributed by atoms with E-state index in [2.05, 4.69) is 15.3 Å². The Hall–Kier alpha value is -1.21. The maximum absolute atomic E-state index is 11.7. The second-order valence-electron chi connectivity index (χ2n) is 4.44. The molecule has 1 aromatic rings. The summed E-state index contributed by atoms with van der Waals surface area (Å²) in [5, 5.41) is 2.68. The van der Waals surface area contributed by atoms with E-state index in [-0.39, 0.29) is 17.4 Å². The van der Waals surface area contributed by atoms with Crippen molar-refractivity contribution >= 4 is 27.3 Å². The molecule has 1 amide bonds. The summed E-state index contributed by atoms with van der Waals surface area (Å²) >= 11 is 5.54. The summed E-state index contributed by atoms with van der Waals surface area (Å²) in [6.07, 6.45) is 3.60. The summed E-state index contributed by atoms with van der Waals surface area (Å²) in [6, 6.07) is 0. The van der Waals surface area contributed by atoms with Gasteiger partial charge < -0.3 is 5.32 Å². The molecule has 0 unspecified atom stereocenters. The van der Waals surface area contributed by atoms with E-state index >= 15 is 0 Å². The Morgan fingerprint density at radius 1 is 1.39 bits per heavy atom. The zero-order chi connectivity index (χ0) is 14.0. The minimum atomic E-state index is -3.26. The summed E-state index contributed by atoms with van der Waals surface area (Å²) in [6.45, 7) is 3.07. The van der Waals surface area contributed by atoms with E-state index in [9.17, 15) is 13.2 Å². The predicted octanol–water partition coefficient (Wildman–Crippen LogP) is 0.683. The van der Waals surface area contributed by atoms with Crippen molar-refractivity contribution in [3.05, 3.63) is 23.2 Å². The van der Waals surface area contributed by atoms with Crippen LogP contribution < -0.4 is 5.32 Å².